The number of hydrogen-bond donors (Lipinski definition) is 3. The lowest BCUT2D eigenvalue weighted by Gasteiger charge is -2.23. The van der Waals surface area contributed by atoms with Crippen molar-refractivity contribution in [3.8, 4) is 0 Å². The fourth-order valence-corrected chi connectivity index (χ4v) is 3.44. The normalized spacial score (nSPS) is 13.2. The molecule has 3 aromatic heterocycles. The Balaban J connectivity index is 0.000000430. The lowest BCUT2D eigenvalue weighted by Crippen LogP contribution is -2.31. The van der Waals surface area contributed by atoms with E-state index in [2.05, 4.69) is 49.0 Å². The fraction of sp³-hybridized carbons (Fsp3) is 0.333. The van der Waals surface area contributed by atoms with Crippen molar-refractivity contribution in [2.75, 3.05) is 18.0 Å². The molecule has 3 N–H and O–H groups in total. The first kappa shape index (κ1) is 40.0. The molecular formula is C27H26F9N5O6. The first-order valence-electron chi connectivity index (χ1n) is 12.7. The molecule has 258 valence electrons. The van der Waals surface area contributed by atoms with Gasteiger partial charge in [0.15, 0.2) is 0 Å². The molecule has 0 atom stereocenters. The average Bonchev–Trinajstić information content (AvgIpc) is 3.12. The third-order valence-corrected chi connectivity index (χ3v) is 5.40. The van der Waals surface area contributed by atoms with Gasteiger partial charge in [0.25, 0.3) is 0 Å². The van der Waals surface area contributed by atoms with Crippen LogP contribution in [0.1, 0.15) is 22.5 Å². The van der Waals surface area contributed by atoms with Crippen molar-refractivity contribution in [1.82, 2.24) is 19.9 Å². The van der Waals surface area contributed by atoms with Crippen molar-refractivity contribution in [2.45, 2.75) is 45.1 Å². The van der Waals surface area contributed by atoms with Gasteiger partial charge >= 0.3 is 36.4 Å². The second-order valence-electron chi connectivity index (χ2n) is 9.16. The molecule has 0 amide bonds. The molecule has 47 heavy (non-hydrogen) atoms. The molecule has 0 radical (unpaired) electrons. The Morgan fingerprint density at radius 2 is 1.28 bits per heavy atom. The summed E-state index contributed by atoms with van der Waals surface area (Å²) in [6.45, 7) is 6.53. The van der Waals surface area contributed by atoms with Gasteiger partial charge in [-0.05, 0) is 36.8 Å². The molecule has 3 aromatic rings. The van der Waals surface area contributed by atoms with Gasteiger partial charge in [0.05, 0.1) is 5.69 Å². The Morgan fingerprint density at radius 1 is 0.745 bits per heavy atom. The fourth-order valence-electron chi connectivity index (χ4n) is 3.44. The molecule has 0 saturated heterocycles. The van der Waals surface area contributed by atoms with E-state index in [1.54, 1.807) is 0 Å². The largest absolute Gasteiger partial charge is 0.490 e. The van der Waals surface area contributed by atoms with Gasteiger partial charge in [0.2, 0.25) is 0 Å². The van der Waals surface area contributed by atoms with Crippen molar-refractivity contribution in [3.63, 3.8) is 0 Å². The number of nitrogens with zero attached hydrogens (tertiary/aromatic N) is 5. The van der Waals surface area contributed by atoms with Crippen molar-refractivity contribution >= 4 is 23.7 Å². The molecule has 4 heterocycles. The van der Waals surface area contributed by atoms with Gasteiger partial charge in [-0.2, -0.15) is 39.5 Å². The van der Waals surface area contributed by atoms with Gasteiger partial charge in [0, 0.05) is 62.6 Å². The Morgan fingerprint density at radius 3 is 1.74 bits per heavy atom. The highest BCUT2D eigenvalue weighted by Crippen LogP contribution is 2.25. The molecule has 1 aliphatic heterocycles. The van der Waals surface area contributed by atoms with Crippen LogP contribution in [-0.2, 0) is 34.0 Å². The Bertz CT molecular complexity index is 1400. The molecule has 0 aliphatic carbocycles. The standard InChI is InChI=1S/C21H23N5.3C2HF3O2/c1-17-5-2-8-20(24-17)16-25-11-12-26(14-18-6-3-9-22-13-18)21-19(15-25)7-4-10-23-21;3*3-2(4,5)1(6)7/h2-10,13H,11-12,14-16H2,1H3;3*(H,6,7). The summed E-state index contributed by atoms with van der Waals surface area (Å²) < 4.78 is 95.2. The third-order valence-electron chi connectivity index (χ3n) is 5.40. The summed E-state index contributed by atoms with van der Waals surface area (Å²) in [6, 6.07) is 14.5. The van der Waals surface area contributed by atoms with Gasteiger partial charge < -0.3 is 20.2 Å². The number of carbonyl (C=O) groups is 3. The van der Waals surface area contributed by atoms with E-state index in [0.717, 1.165) is 49.9 Å². The highest BCUT2D eigenvalue weighted by Gasteiger charge is 2.39. The molecule has 0 aromatic carbocycles. The van der Waals surface area contributed by atoms with E-state index in [-0.39, 0.29) is 0 Å². The van der Waals surface area contributed by atoms with Crippen molar-refractivity contribution < 1.29 is 69.2 Å². The number of carboxylic acid groups (broad SMARTS) is 3. The minimum Gasteiger partial charge on any atom is -0.475 e. The highest BCUT2D eigenvalue weighted by atomic mass is 19.4. The lowest BCUT2D eigenvalue weighted by molar-refractivity contribution is -0.193. The molecular weight excluding hydrogens is 661 g/mol. The molecule has 11 nitrogen and oxygen atoms in total. The first-order chi connectivity index (χ1) is 21.6. The van der Waals surface area contributed by atoms with Crippen molar-refractivity contribution in [1.29, 1.82) is 0 Å². The van der Waals surface area contributed by atoms with E-state index in [0.29, 0.717) is 0 Å². The molecule has 0 unspecified atom stereocenters. The number of carboxylic acids is 3. The van der Waals surface area contributed by atoms with E-state index < -0.39 is 36.4 Å². The van der Waals surface area contributed by atoms with Gasteiger partial charge in [0.1, 0.15) is 5.82 Å². The van der Waals surface area contributed by atoms with Crippen molar-refractivity contribution in [2.24, 2.45) is 0 Å². The maximum atomic E-state index is 10.6. The van der Waals surface area contributed by atoms with Gasteiger partial charge in [-0.3, -0.25) is 14.9 Å². The van der Waals surface area contributed by atoms with Crippen LogP contribution >= 0.6 is 0 Å². The summed E-state index contributed by atoms with van der Waals surface area (Å²) in [5.41, 5.74) is 4.66. The second-order valence-corrected chi connectivity index (χ2v) is 9.16. The van der Waals surface area contributed by atoms with Gasteiger partial charge in [-0.15, -0.1) is 0 Å². The van der Waals surface area contributed by atoms with Crippen LogP contribution in [0.3, 0.4) is 0 Å². The Hall–Kier alpha value is -5.01. The smallest absolute Gasteiger partial charge is 0.475 e. The molecule has 0 bridgehead atoms. The predicted molar refractivity (Wildman–Crippen MR) is 144 cm³/mol. The molecule has 0 saturated carbocycles. The number of fused-ring (bicyclic) bond motifs is 1. The number of aromatic nitrogens is 3. The predicted octanol–water partition coefficient (Wildman–Crippen LogP) is 5.10. The summed E-state index contributed by atoms with van der Waals surface area (Å²) in [6.07, 6.45) is -9.62. The molecule has 20 heteroatoms. The molecule has 0 spiro atoms. The highest BCUT2D eigenvalue weighted by molar-refractivity contribution is 5.73. The van der Waals surface area contributed by atoms with E-state index in [4.69, 9.17) is 29.7 Å². The zero-order valence-electron chi connectivity index (χ0n) is 24.0. The van der Waals surface area contributed by atoms with E-state index in [1.807, 2.05) is 43.7 Å². The maximum Gasteiger partial charge on any atom is 0.490 e. The zero-order chi connectivity index (χ0) is 36.0. The van der Waals surface area contributed by atoms with Crippen LogP contribution in [0.25, 0.3) is 0 Å². The number of pyridine rings is 3. The minimum atomic E-state index is -5.08. The monoisotopic (exact) mass is 687 g/mol. The first-order valence-corrected chi connectivity index (χ1v) is 12.7. The quantitative estimate of drug-likeness (QED) is 0.314. The Kier molecular flexibility index (Phi) is 15.0. The summed E-state index contributed by atoms with van der Waals surface area (Å²) >= 11 is 0. The molecule has 0 fully saturated rings. The number of aliphatic carboxylic acids is 3. The maximum absolute atomic E-state index is 10.6. The second kappa shape index (κ2) is 17.6. The number of halogens is 9. The van der Waals surface area contributed by atoms with Crippen LogP contribution in [0.2, 0.25) is 0 Å². The minimum absolute atomic E-state index is 0.828. The molecule has 1 aliphatic rings. The van der Waals surface area contributed by atoms with Crippen LogP contribution in [0, 0.1) is 6.92 Å². The summed E-state index contributed by atoms with van der Waals surface area (Å²) in [4.78, 5) is 45.1. The molecule has 4 rings (SSSR count). The number of rotatable bonds is 4. The third kappa shape index (κ3) is 15.7. The van der Waals surface area contributed by atoms with Gasteiger partial charge in [-0.25, -0.2) is 19.4 Å². The summed E-state index contributed by atoms with van der Waals surface area (Å²) in [7, 11) is 0. The van der Waals surface area contributed by atoms with Crippen LogP contribution in [0.15, 0.2) is 61.1 Å². The van der Waals surface area contributed by atoms with Crippen LogP contribution in [0.5, 0.6) is 0 Å². The van der Waals surface area contributed by atoms with E-state index in [9.17, 15) is 39.5 Å². The van der Waals surface area contributed by atoms with E-state index in [1.165, 1.54) is 11.1 Å². The van der Waals surface area contributed by atoms with Crippen LogP contribution in [-0.4, -0.2) is 84.7 Å². The number of hydrogen-bond acceptors (Lipinski definition) is 8. The van der Waals surface area contributed by atoms with Crippen LogP contribution in [0.4, 0.5) is 45.3 Å². The van der Waals surface area contributed by atoms with Crippen LogP contribution < -0.4 is 4.90 Å². The van der Waals surface area contributed by atoms with Gasteiger partial charge in [-0.1, -0.05) is 18.2 Å². The summed E-state index contributed by atoms with van der Waals surface area (Å²) in [5.74, 6) is -7.19. The number of aryl methyl sites for hydroxylation is 1. The number of alkyl halides is 9. The van der Waals surface area contributed by atoms with Crippen molar-refractivity contribution in [3.05, 3.63) is 83.6 Å². The lowest BCUT2D eigenvalue weighted by atomic mass is 10.2. The summed E-state index contributed by atoms with van der Waals surface area (Å²) in [5, 5.41) is 21.4. The SMILES string of the molecule is Cc1cccc(CN2CCN(Cc3cccnc3)c3ncccc3C2)n1.O=C(O)C(F)(F)F.O=C(O)C(F)(F)F.O=C(O)C(F)(F)F. The zero-order valence-corrected chi connectivity index (χ0v) is 24.0. The number of anilines is 1. The topological polar surface area (TPSA) is 157 Å². The Labute approximate surface area is 259 Å². The average molecular weight is 688 g/mol. The van der Waals surface area contributed by atoms with E-state index >= 15 is 0 Å².